The highest BCUT2D eigenvalue weighted by Crippen LogP contribution is 2.22. The summed E-state index contributed by atoms with van der Waals surface area (Å²) < 4.78 is 14.5. The number of carbonyl (C=O) groups is 2. The lowest BCUT2D eigenvalue weighted by atomic mass is 10.1. The van der Waals surface area contributed by atoms with E-state index < -0.39 is 6.04 Å². The number of rotatable bonds is 4. The average Bonchev–Trinajstić information content (AvgIpc) is 3.24. The number of benzene rings is 1. The fraction of sp³-hybridized carbons (Fsp3) is 0.294. The number of thiophene rings is 1. The van der Waals surface area contributed by atoms with Gasteiger partial charge in [-0.05, 0) is 36.4 Å². The van der Waals surface area contributed by atoms with Crippen molar-refractivity contribution in [1.29, 1.82) is 0 Å². The van der Waals surface area contributed by atoms with Crippen molar-refractivity contribution in [3.05, 3.63) is 56.4 Å². The van der Waals surface area contributed by atoms with Crippen LogP contribution < -0.4 is 5.32 Å². The molecule has 1 aromatic carbocycles. The maximum Gasteiger partial charge on any atom is 0.264 e. The summed E-state index contributed by atoms with van der Waals surface area (Å²) in [5, 5.41) is 4.59. The molecule has 3 rings (SSSR count). The van der Waals surface area contributed by atoms with Gasteiger partial charge in [0.1, 0.15) is 11.9 Å². The fourth-order valence-electron chi connectivity index (χ4n) is 2.79. The Morgan fingerprint density at radius 1 is 1.38 bits per heavy atom. The van der Waals surface area contributed by atoms with E-state index in [0.29, 0.717) is 27.9 Å². The molecule has 0 bridgehead atoms. The van der Waals surface area contributed by atoms with Crippen molar-refractivity contribution in [2.45, 2.75) is 25.4 Å². The lowest BCUT2D eigenvalue weighted by Crippen LogP contribution is -2.45. The van der Waals surface area contributed by atoms with Crippen molar-refractivity contribution in [3.63, 3.8) is 0 Å². The van der Waals surface area contributed by atoms with Crippen LogP contribution in [0.15, 0.2) is 40.2 Å². The van der Waals surface area contributed by atoms with Gasteiger partial charge in [0.05, 0.1) is 4.88 Å². The zero-order valence-corrected chi connectivity index (χ0v) is 15.2. The average molecular weight is 411 g/mol. The first-order valence-electron chi connectivity index (χ1n) is 7.62. The highest BCUT2D eigenvalue weighted by atomic mass is 79.9. The highest BCUT2D eigenvalue weighted by Gasteiger charge is 2.34. The lowest BCUT2D eigenvalue weighted by molar-refractivity contribution is -0.125. The van der Waals surface area contributed by atoms with E-state index in [9.17, 15) is 14.0 Å². The first kappa shape index (κ1) is 17.1. The van der Waals surface area contributed by atoms with Gasteiger partial charge in [0.25, 0.3) is 5.91 Å². The number of nitrogens with one attached hydrogen (secondary N) is 1. The van der Waals surface area contributed by atoms with Crippen LogP contribution in [0.4, 0.5) is 4.39 Å². The van der Waals surface area contributed by atoms with Crippen LogP contribution >= 0.6 is 27.3 Å². The van der Waals surface area contributed by atoms with Crippen LogP contribution in [-0.2, 0) is 11.3 Å². The van der Waals surface area contributed by atoms with Gasteiger partial charge < -0.3 is 10.2 Å². The predicted molar refractivity (Wildman–Crippen MR) is 94.3 cm³/mol. The van der Waals surface area contributed by atoms with Crippen LogP contribution in [-0.4, -0.2) is 29.3 Å². The summed E-state index contributed by atoms with van der Waals surface area (Å²) in [6, 6.07) is 7.81. The third-order valence-corrected chi connectivity index (χ3v) is 5.37. The van der Waals surface area contributed by atoms with E-state index in [2.05, 4.69) is 21.2 Å². The molecule has 1 saturated heterocycles. The normalized spacial score (nSPS) is 17.1. The van der Waals surface area contributed by atoms with Crippen molar-refractivity contribution in [1.82, 2.24) is 10.2 Å². The standard InChI is InChI=1S/C17H16BrFN2O2S/c18-12-6-5-11(13(19)9-12)10-20-16(22)14-3-1-7-21(14)17(23)15-4-2-8-24-15/h2,4-6,8-9,14H,1,3,7,10H2,(H,20,22)/t14-/m0/s1. The summed E-state index contributed by atoms with van der Waals surface area (Å²) in [7, 11) is 0. The van der Waals surface area contributed by atoms with Crippen molar-refractivity contribution >= 4 is 39.1 Å². The van der Waals surface area contributed by atoms with Gasteiger partial charge in [-0.25, -0.2) is 4.39 Å². The number of likely N-dealkylation sites (tertiary alicyclic amines) is 1. The fourth-order valence-corrected chi connectivity index (χ4v) is 3.80. The summed E-state index contributed by atoms with van der Waals surface area (Å²) in [6.45, 7) is 0.678. The zero-order chi connectivity index (χ0) is 17.1. The quantitative estimate of drug-likeness (QED) is 0.837. The third kappa shape index (κ3) is 3.67. The van der Waals surface area contributed by atoms with Gasteiger partial charge in [-0.15, -0.1) is 11.3 Å². The molecule has 1 fully saturated rings. The van der Waals surface area contributed by atoms with Gasteiger partial charge in [-0.2, -0.15) is 0 Å². The molecule has 0 spiro atoms. The molecule has 1 atom stereocenters. The smallest absolute Gasteiger partial charge is 0.264 e. The number of hydrogen-bond donors (Lipinski definition) is 1. The van der Waals surface area contributed by atoms with Crippen LogP contribution in [0.25, 0.3) is 0 Å². The van der Waals surface area contributed by atoms with Gasteiger partial charge in [0.15, 0.2) is 0 Å². The number of nitrogens with zero attached hydrogens (tertiary/aromatic N) is 1. The van der Waals surface area contributed by atoms with E-state index >= 15 is 0 Å². The second-order valence-electron chi connectivity index (χ2n) is 5.59. The molecule has 7 heteroatoms. The summed E-state index contributed by atoms with van der Waals surface area (Å²) in [5.41, 5.74) is 0.417. The molecule has 0 radical (unpaired) electrons. The Balaban J connectivity index is 1.64. The lowest BCUT2D eigenvalue weighted by Gasteiger charge is -2.23. The van der Waals surface area contributed by atoms with E-state index in [-0.39, 0.29) is 24.2 Å². The van der Waals surface area contributed by atoms with Crippen molar-refractivity contribution in [2.24, 2.45) is 0 Å². The molecule has 1 aromatic heterocycles. The van der Waals surface area contributed by atoms with Crippen LogP contribution in [0.1, 0.15) is 28.1 Å². The van der Waals surface area contributed by atoms with Gasteiger partial charge in [0.2, 0.25) is 5.91 Å². The summed E-state index contributed by atoms with van der Waals surface area (Å²) in [4.78, 5) is 27.2. The molecule has 2 heterocycles. The predicted octanol–water partition coefficient (Wildman–Crippen LogP) is 3.57. The molecular formula is C17H16BrFN2O2S. The minimum atomic E-state index is -0.488. The molecule has 2 amide bonds. The highest BCUT2D eigenvalue weighted by molar-refractivity contribution is 9.10. The number of hydrogen-bond acceptors (Lipinski definition) is 3. The van der Waals surface area contributed by atoms with Gasteiger partial charge >= 0.3 is 0 Å². The maximum absolute atomic E-state index is 13.8. The minimum Gasteiger partial charge on any atom is -0.350 e. The van der Waals surface area contributed by atoms with E-state index in [1.54, 1.807) is 23.1 Å². The Kier molecular flexibility index (Phi) is 5.30. The summed E-state index contributed by atoms with van der Waals surface area (Å²) in [6.07, 6.45) is 1.42. The Bertz CT molecular complexity index is 751. The van der Waals surface area contributed by atoms with Crippen molar-refractivity contribution < 1.29 is 14.0 Å². The first-order valence-corrected chi connectivity index (χ1v) is 9.29. The molecule has 0 unspecified atom stereocenters. The first-order chi connectivity index (χ1) is 11.6. The van der Waals surface area contributed by atoms with E-state index in [4.69, 9.17) is 0 Å². The van der Waals surface area contributed by atoms with Crippen LogP contribution in [0, 0.1) is 5.82 Å². The number of amides is 2. The van der Waals surface area contributed by atoms with Crippen LogP contribution in [0.3, 0.4) is 0 Å². The molecule has 1 N–H and O–H groups in total. The number of carbonyl (C=O) groups excluding carboxylic acids is 2. The Hall–Kier alpha value is -1.73. The van der Waals surface area contributed by atoms with Crippen molar-refractivity contribution in [3.8, 4) is 0 Å². The SMILES string of the molecule is O=C(NCc1ccc(Br)cc1F)[C@@H]1CCCN1C(=O)c1cccs1. The molecule has 126 valence electrons. The van der Waals surface area contributed by atoms with Gasteiger partial charge in [0, 0.05) is 23.1 Å². The monoisotopic (exact) mass is 410 g/mol. The largest absolute Gasteiger partial charge is 0.350 e. The Morgan fingerprint density at radius 3 is 2.92 bits per heavy atom. The summed E-state index contributed by atoms with van der Waals surface area (Å²) >= 11 is 4.57. The molecular weight excluding hydrogens is 395 g/mol. The molecule has 24 heavy (non-hydrogen) atoms. The molecule has 4 nitrogen and oxygen atoms in total. The second-order valence-corrected chi connectivity index (χ2v) is 7.45. The maximum atomic E-state index is 13.8. The van der Waals surface area contributed by atoms with Crippen LogP contribution in [0.5, 0.6) is 0 Å². The Morgan fingerprint density at radius 2 is 2.21 bits per heavy atom. The molecule has 0 aliphatic carbocycles. The summed E-state index contributed by atoms with van der Waals surface area (Å²) in [5.74, 6) is -0.722. The van der Waals surface area contributed by atoms with Gasteiger partial charge in [-0.1, -0.05) is 28.1 Å². The Labute approximate surface area is 151 Å². The molecule has 1 aliphatic rings. The van der Waals surface area contributed by atoms with E-state index in [0.717, 1.165) is 6.42 Å². The van der Waals surface area contributed by atoms with Crippen LogP contribution in [0.2, 0.25) is 0 Å². The minimum absolute atomic E-state index is 0.107. The molecule has 2 aromatic rings. The van der Waals surface area contributed by atoms with E-state index in [1.165, 1.54) is 17.4 Å². The second kappa shape index (κ2) is 7.44. The topological polar surface area (TPSA) is 49.4 Å². The number of halogens is 2. The van der Waals surface area contributed by atoms with E-state index in [1.807, 2.05) is 11.4 Å². The van der Waals surface area contributed by atoms with Gasteiger partial charge in [-0.3, -0.25) is 9.59 Å². The zero-order valence-electron chi connectivity index (χ0n) is 12.8. The molecule has 1 aliphatic heterocycles. The van der Waals surface area contributed by atoms with Crippen molar-refractivity contribution in [2.75, 3.05) is 6.54 Å². The third-order valence-electron chi connectivity index (χ3n) is 4.02. The molecule has 0 saturated carbocycles.